The van der Waals surface area contributed by atoms with Crippen LogP contribution < -0.4 is 10.6 Å². The Morgan fingerprint density at radius 1 is 1.14 bits per heavy atom. The lowest BCUT2D eigenvalue weighted by molar-refractivity contribution is -0.115. The average molecular weight is 403 g/mol. The third kappa shape index (κ3) is 4.41. The minimum Gasteiger partial charge on any atom is -0.465 e. The fourth-order valence-electron chi connectivity index (χ4n) is 2.79. The Kier molecular flexibility index (Phi) is 5.22. The first-order valence-corrected chi connectivity index (χ1v) is 9.29. The van der Waals surface area contributed by atoms with E-state index in [0.29, 0.717) is 28.4 Å². The van der Waals surface area contributed by atoms with E-state index in [-0.39, 0.29) is 11.0 Å². The van der Waals surface area contributed by atoms with Crippen molar-refractivity contribution in [1.29, 1.82) is 0 Å². The Morgan fingerprint density at radius 3 is 2.79 bits per heavy atom. The van der Waals surface area contributed by atoms with Gasteiger partial charge in [0.1, 0.15) is 11.3 Å². The zero-order chi connectivity index (χ0) is 20.2. The maximum Gasteiger partial charge on any atom is 0.250 e. The van der Waals surface area contributed by atoms with Gasteiger partial charge in [-0.15, -0.1) is 0 Å². The monoisotopic (exact) mass is 403 g/mol. The van der Waals surface area contributed by atoms with Crippen LogP contribution in [0.1, 0.15) is 11.3 Å². The van der Waals surface area contributed by atoms with Crippen molar-refractivity contribution in [1.82, 2.24) is 10.3 Å². The summed E-state index contributed by atoms with van der Waals surface area (Å²) in [5.74, 6) is 0.789. The van der Waals surface area contributed by atoms with Crippen LogP contribution in [-0.4, -0.2) is 16.0 Å². The zero-order valence-electron chi connectivity index (χ0n) is 15.5. The molecule has 0 saturated carbocycles. The van der Waals surface area contributed by atoms with E-state index < -0.39 is 0 Å². The maximum absolute atomic E-state index is 11.9. The number of hydrogen-bond acceptors (Lipinski definition) is 5. The number of thiocarbonyl (C=S) groups is 1. The van der Waals surface area contributed by atoms with Crippen molar-refractivity contribution in [3.8, 4) is 11.5 Å². The summed E-state index contributed by atoms with van der Waals surface area (Å²) >= 11 is 5.20. The Morgan fingerprint density at radius 2 is 2.00 bits per heavy atom. The predicted octanol–water partition coefficient (Wildman–Crippen LogP) is 4.92. The first-order valence-electron chi connectivity index (χ1n) is 8.88. The summed E-state index contributed by atoms with van der Waals surface area (Å²) in [5.41, 5.74) is 4.10. The highest BCUT2D eigenvalue weighted by molar-refractivity contribution is 7.80. The number of aryl methyl sites for hydroxylation is 1. The van der Waals surface area contributed by atoms with Gasteiger partial charge in [-0.3, -0.25) is 10.1 Å². The van der Waals surface area contributed by atoms with E-state index in [4.69, 9.17) is 21.1 Å². The van der Waals surface area contributed by atoms with Crippen molar-refractivity contribution in [2.45, 2.75) is 6.92 Å². The molecule has 7 heteroatoms. The molecule has 0 spiro atoms. The lowest BCUT2D eigenvalue weighted by atomic mass is 10.1. The van der Waals surface area contributed by atoms with Crippen LogP contribution in [0.15, 0.2) is 75.8 Å². The molecule has 2 N–H and O–H groups in total. The van der Waals surface area contributed by atoms with Crippen molar-refractivity contribution in [3.63, 3.8) is 0 Å². The SMILES string of the molecule is Cc1ccccc1-c1nc2cc(NC(=S)NC(=O)C=Cc3ccco3)ccc2o1. The number of rotatable bonds is 4. The van der Waals surface area contributed by atoms with Gasteiger partial charge >= 0.3 is 0 Å². The fraction of sp³-hybridized carbons (Fsp3) is 0.0455. The summed E-state index contributed by atoms with van der Waals surface area (Å²) in [6, 6.07) is 16.8. The smallest absolute Gasteiger partial charge is 0.250 e. The third-order valence-electron chi connectivity index (χ3n) is 4.20. The first kappa shape index (κ1) is 18.6. The fourth-order valence-corrected chi connectivity index (χ4v) is 3.01. The van der Waals surface area contributed by atoms with Crippen LogP contribution in [0, 0.1) is 6.92 Å². The standard InChI is InChI=1S/C22H17N3O3S/c1-14-5-2-3-7-17(14)21-24-18-13-15(8-10-19(18)28-21)23-22(29)25-20(26)11-9-16-6-4-12-27-16/h2-13H,1H3,(H2,23,25,26,29). The number of fused-ring (bicyclic) bond motifs is 1. The van der Waals surface area contributed by atoms with Crippen molar-refractivity contribution >= 4 is 46.1 Å². The molecule has 29 heavy (non-hydrogen) atoms. The van der Waals surface area contributed by atoms with Crippen LogP contribution >= 0.6 is 12.2 Å². The molecule has 0 aliphatic rings. The molecule has 144 valence electrons. The number of nitrogens with zero attached hydrogens (tertiary/aromatic N) is 1. The predicted molar refractivity (Wildman–Crippen MR) is 116 cm³/mol. The van der Waals surface area contributed by atoms with Gasteiger partial charge in [0.2, 0.25) is 11.8 Å². The van der Waals surface area contributed by atoms with Gasteiger partial charge in [0.15, 0.2) is 10.7 Å². The van der Waals surface area contributed by atoms with Crippen molar-refractivity contribution in [2.24, 2.45) is 0 Å². The second-order valence-electron chi connectivity index (χ2n) is 6.31. The maximum atomic E-state index is 11.9. The first-order chi connectivity index (χ1) is 14.1. The second kappa shape index (κ2) is 8.12. The molecule has 0 atom stereocenters. The van der Waals surface area contributed by atoms with Crippen LogP contribution in [0.3, 0.4) is 0 Å². The Balaban J connectivity index is 1.45. The van der Waals surface area contributed by atoms with Crippen molar-refractivity contribution in [3.05, 3.63) is 78.3 Å². The van der Waals surface area contributed by atoms with Gasteiger partial charge in [0.05, 0.1) is 6.26 Å². The van der Waals surface area contributed by atoms with Gasteiger partial charge < -0.3 is 14.2 Å². The van der Waals surface area contributed by atoms with Gasteiger partial charge in [-0.2, -0.15) is 0 Å². The number of hydrogen-bond donors (Lipinski definition) is 2. The zero-order valence-corrected chi connectivity index (χ0v) is 16.3. The number of aromatic nitrogens is 1. The number of furan rings is 1. The van der Waals surface area contributed by atoms with Crippen LogP contribution in [0.2, 0.25) is 0 Å². The van der Waals surface area contributed by atoms with Crippen LogP contribution in [-0.2, 0) is 4.79 Å². The van der Waals surface area contributed by atoms with Crippen molar-refractivity contribution < 1.29 is 13.6 Å². The minimum absolute atomic E-state index is 0.182. The Hall–Kier alpha value is -3.71. The van der Waals surface area contributed by atoms with E-state index in [1.165, 1.54) is 12.3 Å². The van der Waals surface area contributed by atoms with E-state index in [2.05, 4.69) is 15.6 Å². The van der Waals surface area contributed by atoms with E-state index in [0.717, 1.165) is 11.1 Å². The summed E-state index contributed by atoms with van der Waals surface area (Å²) < 4.78 is 11.0. The van der Waals surface area contributed by atoms with Crippen LogP contribution in [0.4, 0.5) is 5.69 Å². The van der Waals surface area contributed by atoms with Gasteiger partial charge in [-0.25, -0.2) is 4.98 Å². The van der Waals surface area contributed by atoms with E-state index in [1.807, 2.05) is 49.4 Å². The quantitative estimate of drug-likeness (QED) is 0.372. The number of anilines is 1. The number of carbonyl (C=O) groups is 1. The van der Waals surface area contributed by atoms with Gasteiger partial charge in [-0.05, 0) is 67.2 Å². The normalized spacial score (nSPS) is 11.1. The number of amides is 1. The van der Waals surface area contributed by atoms with Crippen LogP contribution in [0.5, 0.6) is 0 Å². The highest BCUT2D eigenvalue weighted by atomic mass is 32.1. The summed E-state index contributed by atoms with van der Waals surface area (Å²) in [5, 5.41) is 5.75. The lowest BCUT2D eigenvalue weighted by Crippen LogP contribution is -2.32. The van der Waals surface area contributed by atoms with Gasteiger partial charge in [0, 0.05) is 17.3 Å². The molecule has 2 aromatic heterocycles. The third-order valence-corrected chi connectivity index (χ3v) is 4.40. The highest BCUT2D eigenvalue weighted by Gasteiger charge is 2.11. The summed E-state index contributed by atoms with van der Waals surface area (Å²) in [7, 11) is 0. The van der Waals surface area contributed by atoms with Crippen LogP contribution in [0.25, 0.3) is 28.6 Å². The Labute approximate surface area is 172 Å². The highest BCUT2D eigenvalue weighted by Crippen LogP contribution is 2.28. The van der Waals surface area contributed by atoms with E-state index >= 15 is 0 Å². The summed E-state index contributed by atoms with van der Waals surface area (Å²) in [4.78, 5) is 16.5. The lowest BCUT2D eigenvalue weighted by Gasteiger charge is -2.07. The Bertz CT molecular complexity index is 1210. The number of nitrogens with one attached hydrogen (secondary N) is 2. The molecule has 1 amide bonds. The molecule has 0 aliphatic heterocycles. The summed E-state index contributed by atoms with van der Waals surface area (Å²) in [6.45, 7) is 2.01. The van der Waals surface area contributed by atoms with Crippen molar-refractivity contribution in [2.75, 3.05) is 5.32 Å². The minimum atomic E-state index is -0.358. The van der Waals surface area contributed by atoms with Gasteiger partial charge in [0.25, 0.3) is 0 Å². The van der Waals surface area contributed by atoms with E-state index in [9.17, 15) is 4.79 Å². The number of carbonyl (C=O) groups excluding carboxylic acids is 1. The molecular weight excluding hydrogens is 386 g/mol. The number of benzene rings is 2. The second-order valence-corrected chi connectivity index (χ2v) is 6.72. The van der Waals surface area contributed by atoms with E-state index in [1.54, 1.807) is 18.2 Å². The molecule has 4 aromatic rings. The molecule has 0 aliphatic carbocycles. The molecule has 0 unspecified atom stereocenters. The average Bonchev–Trinajstić information content (AvgIpc) is 3.36. The molecule has 4 rings (SSSR count). The topological polar surface area (TPSA) is 80.3 Å². The summed E-state index contributed by atoms with van der Waals surface area (Å²) in [6.07, 6.45) is 4.45. The molecule has 2 aromatic carbocycles. The molecule has 6 nitrogen and oxygen atoms in total. The molecular formula is C22H17N3O3S. The number of oxazole rings is 1. The molecule has 0 radical (unpaired) electrons. The molecule has 0 saturated heterocycles. The largest absolute Gasteiger partial charge is 0.465 e. The molecule has 0 bridgehead atoms. The molecule has 0 fully saturated rings. The van der Waals surface area contributed by atoms with Gasteiger partial charge in [-0.1, -0.05) is 18.2 Å². The molecule has 2 heterocycles.